The van der Waals surface area contributed by atoms with Gasteiger partial charge in [-0.15, -0.1) is 0 Å². The summed E-state index contributed by atoms with van der Waals surface area (Å²) in [4.78, 5) is 0. The second-order valence-corrected chi connectivity index (χ2v) is 5.04. The van der Waals surface area contributed by atoms with Gasteiger partial charge in [-0.05, 0) is 12.5 Å². The molecule has 0 fully saturated rings. The maximum Gasteiger partial charge on any atom is 0.0480 e. The Kier molecular flexibility index (Phi) is 6.06. The van der Waals surface area contributed by atoms with Gasteiger partial charge in [-0.2, -0.15) is 10.2 Å². The summed E-state index contributed by atoms with van der Waals surface area (Å²) >= 11 is 0. The van der Waals surface area contributed by atoms with E-state index in [1.165, 1.54) is 5.56 Å². The zero-order valence-corrected chi connectivity index (χ0v) is 12.6. The Labute approximate surface area is 116 Å². The van der Waals surface area contributed by atoms with Crippen LogP contribution in [0.4, 0.5) is 0 Å². The van der Waals surface area contributed by atoms with Crippen molar-refractivity contribution in [3.63, 3.8) is 0 Å². The van der Waals surface area contributed by atoms with Crippen molar-refractivity contribution < 1.29 is 0 Å². The Hall–Kier alpha value is -1.84. The molecule has 0 aliphatic rings. The lowest BCUT2D eigenvalue weighted by Crippen LogP contribution is -2.16. The number of rotatable bonds is 6. The van der Waals surface area contributed by atoms with Crippen LogP contribution in [-0.4, -0.2) is 49.6 Å². The Morgan fingerprint density at radius 1 is 0.947 bits per heavy atom. The van der Waals surface area contributed by atoms with E-state index < -0.39 is 0 Å². The summed E-state index contributed by atoms with van der Waals surface area (Å²) in [5.41, 5.74) is 3.47. The largest absolute Gasteiger partial charge is 0.303 e. The zero-order chi connectivity index (χ0) is 14.3. The lowest BCUT2D eigenvalue weighted by Gasteiger charge is -2.12. The van der Waals surface area contributed by atoms with Crippen molar-refractivity contribution in [2.24, 2.45) is 10.2 Å². The fraction of sp³-hybridized carbons (Fsp3) is 0.467. The third-order valence-electron chi connectivity index (χ3n) is 2.42. The minimum absolute atomic E-state index is 0.797. The molecule has 1 aromatic rings. The first-order valence-electron chi connectivity index (χ1n) is 6.46. The Bertz CT molecular complexity index is 433. The SMILES string of the molecule is C/C(C/C(Cc1ccccc1)=N\N(C)C)=N\N(C)C. The minimum Gasteiger partial charge on any atom is -0.303 e. The van der Waals surface area contributed by atoms with Crippen LogP contribution in [0.15, 0.2) is 40.5 Å². The van der Waals surface area contributed by atoms with Gasteiger partial charge in [0.15, 0.2) is 0 Å². The van der Waals surface area contributed by atoms with Gasteiger partial charge in [0.05, 0.1) is 0 Å². The van der Waals surface area contributed by atoms with Gasteiger partial charge in [0.2, 0.25) is 0 Å². The number of hydrogen-bond donors (Lipinski definition) is 0. The van der Waals surface area contributed by atoms with Gasteiger partial charge in [0, 0.05) is 52.5 Å². The van der Waals surface area contributed by atoms with Gasteiger partial charge in [-0.25, -0.2) is 0 Å². The topological polar surface area (TPSA) is 31.2 Å². The van der Waals surface area contributed by atoms with Crippen molar-refractivity contribution in [1.29, 1.82) is 0 Å². The van der Waals surface area contributed by atoms with Gasteiger partial charge in [-0.1, -0.05) is 30.3 Å². The van der Waals surface area contributed by atoms with Crippen LogP contribution in [0.25, 0.3) is 0 Å². The van der Waals surface area contributed by atoms with Crippen molar-refractivity contribution in [1.82, 2.24) is 10.0 Å². The van der Waals surface area contributed by atoms with Crippen molar-refractivity contribution in [2.45, 2.75) is 19.8 Å². The average molecular weight is 260 g/mol. The highest BCUT2D eigenvalue weighted by atomic mass is 15.4. The molecule has 1 rings (SSSR count). The summed E-state index contributed by atoms with van der Waals surface area (Å²) in [7, 11) is 7.76. The van der Waals surface area contributed by atoms with E-state index in [1.54, 1.807) is 0 Å². The molecule has 0 aliphatic carbocycles. The molecule has 1 aromatic carbocycles. The van der Waals surface area contributed by atoms with Crippen LogP contribution in [0.5, 0.6) is 0 Å². The second kappa shape index (κ2) is 7.56. The van der Waals surface area contributed by atoms with Crippen molar-refractivity contribution in [2.75, 3.05) is 28.2 Å². The molecule has 4 nitrogen and oxygen atoms in total. The third-order valence-corrected chi connectivity index (χ3v) is 2.42. The van der Waals surface area contributed by atoms with E-state index in [0.717, 1.165) is 24.3 Å². The van der Waals surface area contributed by atoms with Gasteiger partial charge in [-0.3, -0.25) is 0 Å². The van der Waals surface area contributed by atoms with Crippen LogP contribution in [0.2, 0.25) is 0 Å². The molecule has 0 saturated heterocycles. The van der Waals surface area contributed by atoms with E-state index in [1.807, 2.05) is 51.2 Å². The summed E-state index contributed by atoms with van der Waals surface area (Å²) in [6.07, 6.45) is 1.66. The van der Waals surface area contributed by atoms with Crippen LogP contribution in [-0.2, 0) is 6.42 Å². The van der Waals surface area contributed by atoms with E-state index in [0.29, 0.717) is 0 Å². The maximum atomic E-state index is 4.57. The van der Waals surface area contributed by atoms with Crippen LogP contribution < -0.4 is 0 Å². The smallest absolute Gasteiger partial charge is 0.0480 e. The predicted molar refractivity (Wildman–Crippen MR) is 82.7 cm³/mol. The fourth-order valence-corrected chi connectivity index (χ4v) is 1.92. The predicted octanol–water partition coefficient (Wildman–Crippen LogP) is 2.47. The van der Waals surface area contributed by atoms with E-state index in [4.69, 9.17) is 0 Å². The van der Waals surface area contributed by atoms with Crippen LogP contribution in [0, 0.1) is 0 Å². The van der Waals surface area contributed by atoms with Gasteiger partial charge in [0.25, 0.3) is 0 Å². The van der Waals surface area contributed by atoms with Gasteiger partial charge >= 0.3 is 0 Å². The molecular weight excluding hydrogens is 236 g/mol. The number of hydrazone groups is 2. The molecule has 0 atom stereocenters. The van der Waals surface area contributed by atoms with Crippen LogP contribution >= 0.6 is 0 Å². The molecule has 19 heavy (non-hydrogen) atoms. The molecule has 104 valence electrons. The third kappa shape index (κ3) is 6.60. The standard InChI is InChI=1S/C15H24N4/c1-13(16-18(2)3)11-15(17-19(4)5)12-14-9-7-6-8-10-14/h6-10H,11-12H2,1-5H3/b16-13+,17-15+. The molecule has 0 radical (unpaired) electrons. The highest BCUT2D eigenvalue weighted by Gasteiger charge is 2.05. The van der Waals surface area contributed by atoms with Crippen molar-refractivity contribution in [3.05, 3.63) is 35.9 Å². The molecule has 0 saturated carbocycles. The number of benzene rings is 1. The monoisotopic (exact) mass is 260 g/mol. The second-order valence-electron chi connectivity index (χ2n) is 5.04. The van der Waals surface area contributed by atoms with Crippen molar-refractivity contribution >= 4 is 11.4 Å². The summed E-state index contributed by atoms with van der Waals surface area (Å²) in [5.74, 6) is 0. The summed E-state index contributed by atoms with van der Waals surface area (Å²) in [6, 6.07) is 10.4. The van der Waals surface area contributed by atoms with E-state index in [2.05, 4.69) is 34.5 Å². The fourth-order valence-electron chi connectivity index (χ4n) is 1.92. The van der Waals surface area contributed by atoms with Gasteiger partial charge in [0.1, 0.15) is 0 Å². The molecule has 0 aliphatic heterocycles. The van der Waals surface area contributed by atoms with E-state index in [9.17, 15) is 0 Å². The molecule has 0 bridgehead atoms. The number of nitrogens with zero attached hydrogens (tertiary/aromatic N) is 4. The molecule has 0 unspecified atom stereocenters. The normalized spacial score (nSPS) is 12.5. The molecule has 0 aromatic heterocycles. The van der Waals surface area contributed by atoms with E-state index in [-0.39, 0.29) is 0 Å². The Morgan fingerprint density at radius 2 is 1.53 bits per heavy atom. The highest BCUT2D eigenvalue weighted by Crippen LogP contribution is 2.05. The highest BCUT2D eigenvalue weighted by molar-refractivity contribution is 6.04. The maximum absolute atomic E-state index is 4.57. The molecule has 0 N–H and O–H groups in total. The zero-order valence-electron chi connectivity index (χ0n) is 12.6. The molecular formula is C15H24N4. The molecule has 0 spiro atoms. The first kappa shape index (κ1) is 15.2. The van der Waals surface area contributed by atoms with Gasteiger partial charge < -0.3 is 10.0 Å². The lowest BCUT2D eigenvalue weighted by molar-refractivity contribution is 0.433. The first-order chi connectivity index (χ1) is 8.97. The minimum atomic E-state index is 0.797. The summed E-state index contributed by atoms with van der Waals surface area (Å²) in [6.45, 7) is 2.04. The lowest BCUT2D eigenvalue weighted by atomic mass is 10.0. The molecule has 0 amide bonds. The number of hydrogen-bond acceptors (Lipinski definition) is 4. The average Bonchev–Trinajstić information content (AvgIpc) is 2.27. The Morgan fingerprint density at radius 3 is 2.05 bits per heavy atom. The Balaban J connectivity index is 2.79. The first-order valence-corrected chi connectivity index (χ1v) is 6.46. The van der Waals surface area contributed by atoms with Crippen LogP contribution in [0.1, 0.15) is 18.9 Å². The quantitative estimate of drug-likeness (QED) is 0.581. The van der Waals surface area contributed by atoms with E-state index >= 15 is 0 Å². The van der Waals surface area contributed by atoms with Crippen molar-refractivity contribution in [3.8, 4) is 0 Å². The summed E-state index contributed by atoms with van der Waals surface area (Å²) < 4.78 is 0. The van der Waals surface area contributed by atoms with Crippen LogP contribution in [0.3, 0.4) is 0 Å². The summed E-state index contributed by atoms with van der Waals surface area (Å²) in [5, 5.41) is 12.7. The molecule has 0 heterocycles. The molecule has 4 heteroatoms.